The minimum absolute atomic E-state index is 0.243. The standard InChI is InChI=1S/C15H10N4O6S3/c16-7-9-5-14(26-15(9)17)19-18-10-1-2-12-8(3-10)4-11(27-25-24-20)6-13(12)28(21,22)23/h1-6,20H,17H2,(H,21,22,23). The summed E-state index contributed by atoms with van der Waals surface area (Å²) in [6.07, 6.45) is 0. The molecule has 2 aromatic carbocycles. The highest BCUT2D eigenvalue weighted by Crippen LogP contribution is 2.35. The summed E-state index contributed by atoms with van der Waals surface area (Å²) < 4.78 is 37.1. The maximum atomic E-state index is 11.7. The second-order valence-electron chi connectivity index (χ2n) is 5.20. The van der Waals surface area contributed by atoms with Crippen molar-refractivity contribution < 1.29 is 27.6 Å². The Balaban J connectivity index is 2.03. The number of nitrogen functional groups attached to an aromatic ring is 1. The predicted octanol–water partition coefficient (Wildman–Crippen LogP) is 4.45. The third-order valence-corrected chi connectivity index (χ3v) is 5.74. The number of rotatable bonds is 6. The van der Waals surface area contributed by atoms with Crippen LogP contribution in [0.2, 0.25) is 0 Å². The smallest absolute Gasteiger partial charge is 0.295 e. The van der Waals surface area contributed by atoms with Gasteiger partial charge in [-0.05, 0) is 35.7 Å². The van der Waals surface area contributed by atoms with Crippen molar-refractivity contribution in [3.05, 3.63) is 42.0 Å². The molecule has 0 amide bonds. The fourth-order valence-electron chi connectivity index (χ4n) is 2.31. The molecule has 0 saturated carbocycles. The number of anilines is 1. The molecule has 0 bridgehead atoms. The van der Waals surface area contributed by atoms with Gasteiger partial charge in [-0.3, -0.25) is 4.55 Å². The van der Waals surface area contributed by atoms with E-state index < -0.39 is 10.1 Å². The van der Waals surface area contributed by atoms with E-state index >= 15 is 0 Å². The lowest BCUT2D eigenvalue weighted by molar-refractivity contribution is -0.432. The molecule has 28 heavy (non-hydrogen) atoms. The van der Waals surface area contributed by atoms with Gasteiger partial charge in [0, 0.05) is 10.3 Å². The number of nitrogens with two attached hydrogens (primary N) is 1. The number of fused-ring (bicyclic) bond motifs is 1. The summed E-state index contributed by atoms with van der Waals surface area (Å²) in [5, 5.41) is 30.2. The van der Waals surface area contributed by atoms with E-state index in [1.54, 1.807) is 12.1 Å². The molecule has 0 aliphatic carbocycles. The minimum Gasteiger partial charge on any atom is -0.389 e. The van der Waals surface area contributed by atoms with Gasteiger partial charge in [0.2, 0.25) is 0 Å². The Morgan fingerprint density at radius 3 is 2.64 bits per heavy atom. The normalized spacial score (nSPS) is 11.9. The highest BCUT2D eigenvalue weighted by molar-refractivity contribution is 7.94. The SMILES string of the molecule is N#Cc1cc(N=Nc2ccc3c(S(=O)(=O)O)cc(SOOO)cc3c2)sc1N. The van der Waals surface area contributed by atoms with E-state index in [4.69, 9.17) is 16.3 Å². The molecular formula is C15H10N4O6S3. The zero-order chi connectivity index (χ0) is 20.3. The van der Waals surface area contributed by atoms with Crippen molar-refractivity contribution in [2.75, 3.05) is 5.73 Å². The molecule has 0 unspecified atom stereocenters. The van der Waals surface area contributed by atoms with Crippen LogP contribution >= 0.6 is 23.4 Å². The molecule has 3 rings (SSSR count). The molecular weight excluding hydrogens is 428 g/mol. The third-order valence-electron chi connectivity index (χ3n) is 3.44. The minimum atomic E-state index is -4.52. The number of nitrogens with zero attached hydrogens (tertiary/aromatic N) is 3. The molecule has 1 aromatic heterocycles. The lowest BCUT2D eigenvalue weighted by Gasteiger charge is -2.07. The maximum absolute atomic E-state index is 11.7. The number of nitriles is 1. The van der Waals surface area contributed by atoms with Gasteiger partial charge in [-0.1, -0.05) is 22.4 Å². The summed E-state index contributed by atoms with van der Waals surface area (Å²) in [6, 6.07) is 10.7. The molecule has 1 heterocycles. The van der Waals surface area contributed by atoms with Crippen LogP contribution in [0.4, 0.5) is 15.7 Å². The van der Waals surface area contributed by atoms with Crippen LogP contribution in [0.25, 0.3) is 10.8 Å². The van der Waals surface area contributed by atoms with Crippen LogP contribution in [-0.2, 0) is 19.5 Å². The molecule has 0 aliphatic rings. The average Bonchev–Trinajstić information content (AvgIpc) is 3.02. The van der Waals surface area contributed by atoms with Crippen LogP contribution in [0.3, 0.4) is 0 Å². The number of hydrogen-bond acceptors (Lipinski definition) is 11. The van der Waals surface area contributed by atoms with E-state index in [-0.39, 0.29) is 15.2 Å². The lowest BCUT2D eigenvalue weighted by atomic mass is 10.1. The van der Waals surface area contributed by atoms with Crippen LogP contribution in [0.15, 0.2) is 56.4 Å². The summed E-state index contributed by atoms with van der Waals surface area (Å²) in [4.78, 5) is -0.102. The molecule has 4 N–H and O–H groups in total. The summed E-state index contributed by atoms with van der Waals surface area (Å²) in [7, 11) is -4.52. The summed E-state index contributed by atoms with van der Waals surface area (Å²) in [5.41, 5.74) is 6.38. The van der Waals surface area contributed by atoms with Gasteiger partial charge in [0.25, 0.3) is 10.1 Å². The van der Waals surface area contributed by atoms with Gasteiger partial charge >= 0.3 is 0 Å². The zero-order valence-electron chi connectivity index (χ0n) is 13.6. The maximum Gasteiger partial charge on any atom is 0.295 e. The zero-order valence-corrected chi connectivity index (χ0v) is 16.1. The van der Waals surface area contributed by atoms with E-state index in [1.165, 1.54) is 24.3 Å². The predicted molar refractivity (Wildman–Crippen MR) is 102 cm³/mol. The van der Waals surface area contributed by atoms with Crippen LogP contribution in [0, 0.1) is 11.3 Å². The van der Waals surface area contributed by atoms with Gasteiger partial charge in [0.05, 0.1) is 23.3 Å². The van der Waals surface area contributed by atoms with Gasteiger partial charge in [0.15, 0.2) is 0 Å². The summed E-state index contributed by atoms with van der Waals surface area (Å²) >= 11 is 1.65. The van der Waals surface area contributed by atoms with Crippen molar-refractivity contribution in [2.24, 2.45) is 10.2 Å². The van der Waals surface area contributed by atoms with Crippen molar-refractivity contribution in [3.8, 4) is 6.07 Å². The first-order valence-electron chi connectivity index (χ1n) is 7.23. The van der Waals surface area contributed by atoms with Gasteiger partial charge in [0.1, 0.15) is 21.0 Å². The van der Waals surface area contributed by atoms with Crippen LogP contribution < -0.4 is 5.73 Å². The van der Waals surface area contributed by atoms with E-state index in [9.17, 15) is 13.0 Å². The second-order valence-corrected chi connectivity index (χ2v) is 8.43. The number of thiophene rings is 1. The van der Waals surface area contributed by atoms with Crippen molar-refractivity contribution in [3.63, 3.8) is 0 Å². The quantitative estimate of drug-likeness (QED) is 0.165. The number of benzene rings is 2. The first-order valence-corrected chi connectivity index (χ1v) is 10.2. The van der Waals surface area contributed by atoms with Crippen LogP contribution in [-0.4, -0.2) is 18.2 Å². The first kappa shape index (κ1) is 20.2. The molecule has 0 fully saturated rings. The molecule has 3 aromatic rings. The molecule has 0 saturated heterocycles. The summed E-state index contributed by atoms with van der Waals surface area (Å²) in [5.74, 6) is 0. The topological polar surface area (TPSA) is 168 Å². The molecule has 0 aliphatic heterocycles. The highest BCUT2D eigenvalue weighted by Gasteiger charge is 2.17. The Morgan fingerprint density at radius 2 is 2.00 bits per heavy atom. The van der Waals surface area contributed by atoms with Crippen LogP contribution in [0.5, 0.6) is 0 Å². The largest absolute Gasteiger partial charge is 0.389 e. The van der Waals surface area contributed by atoms with Crippen LogP contribution in [0.1, 0.15) is 5.56 Å². The Kier molecular flexibility index (Phi) is 5.91. The van der Waals surface area contributed by atoms with Gasteiger partial charge < -0.3 is 5.73 Å². The van der Waals surface area contributed by atoms with Gasteiger partial charge in [-0.25, -0.2) is 5.26 Å². The lowest BCUT2D eigenvalue weighted by Crippen LogP contribution is -1.99. The van der Waals surface area contributed by atoms with Crippen molar-refractivity contribution >= 4 is 60.0 Å². The Labute approximate surface area is 166 Å². The van der Waals surface area contributed by atoms with Crippen molar-refractivity contribution in [2.45, 2.75) is 9.79 Å². The fraction of sp³-hybridized carbons (Fsp3) is 0. The van der Waals surface area contributed by atoms with Gasteiger partial charge in [-0.15, -0.1) is 14.6 Å². The Morgan fingerprint density at radius 1 is 1.21 bits per heavy atom. The Bertz CT molecular complexity index is 1220. The second kappa shape index (κ2) is 8.20. The van der Waals surface area contributed by atoms with E-state index in [2.05, 4.69) is 19.6 Å². The number of azo groups is 1. The van der Waals surface area contributed by atoms with Crippen molar-refractivity contribution in [1.29, 1.82) is 5.26 Å². The first-order chi connectivity index (χ1) is 13.3. The molecule has 13 heteroatoms. The van der Waals surface area contributed by atoms with E-state index in [0.717, 1.165) is 11.3 Å². The van der Waals surface area contributed by atoms with Gasteiger partial charge in [-0.2, -0.15) is 13.7 Å². The third kappa shape index (κ3) is 4.46. The molecule has 0 spiro atoms. The summed E-state index contributed by atoms with van der Waals surface area (Å²) in [6.45, 7) is 0. The van der Waals surface area contributed by atoms with E-state index in [1.807, 2.05) is 6.07 Å². The monoisotopic (exact) mass is 438 g/mol. The molecule has 0 atom stereocenters. The fourth-order valence-corrected chi connectivity index (χ4v) is 4.27. The average molecular weight is 438 g/mol. The highest BCUT2D eigenvalue weighted by atomic mass is 32.2. The van der Waals surface area contributed by atoms with E-state index in [0.29, 0.717) is 38.7 Å². The number of hydrogen-bond donors (Lipinski definition) is 3. The molecule has 10 nitrogen and oxygen atoms in total. The molecule has 144 valence electrons. The molecule has 0 radical (unpaired) electrons. The Hall–Kier alpha value is -2.57. The van der Waals surface area contributed by atoms with Crippen molar-refractivity contribution in [1.82, 2.24) is 0 Å².